The van der Waals surface area contributed by atoms with Crippen LogP contribution >= 0.6 is 0 Å². The molecule has 27 heavy (non-hydrogen) atoms. The van der Waals surface area contributed by atoms with Gasteiger partial charge in [0.05, 0.1) is 13.0 Å². The van der Waals surface area contributed by atoms with E-state index in [0.29, 0.717) is 24.4 Å². The number of nitrogens with one attached hydrogen (secondary N) is 1. The van der Waals surface area contributed by atoms with E-state index in [9.17, 15) is 14.7 Å². The topological polar surface area (TPSA) is 80.6 Å². The van der Waals surface area contributed by atoms with Gasteiger partial charge in [0.2, 0.25) is 5.91 Å². The van der Waals surface area contributed by atoms with Crippen LogP contribution in [0.25, 0.3) is 10.9 Å². The molecule has 1 heterocycles. The number of hydrogen-bond acceptors (Lipinski definition) is 3. The molecule has 0 radical (unpaired) electrons. The minimum atomic E-state index is -1.03. The lowest BCUT2D eigenvalue weighted by molar-refractivity contribution is -0.115. The van der Waals surface area contributed by atoms with Crippen LogP contribution in [0.4, 0.5) is 5.69 Å². The van der Waals surface area contributed by atoms with Gasteiger partial charge in [0.15, 0.2) is 0 Å². The predicted octanol–water partition coefficient (Wildman–Crippen LogP) is 3.94. The van der Waals surface area contributed by atoms with Crippen molar-refractivity contribution >= 4 is 28.5 Å². The zero-order valence-corrected chi connectivity index (χ0v) is 15.4. The lowest BCUT2D eigenvalue weighted by Crippen LogP contribution is -2.17. The Labute approximate surface area is 157 Å². The number of aromatic carboxylic acids is 1. The number of aryl methyl sites for hydroxylation is 1. The van der Waals surface area contributed by atoms with Crippen LogP contribution in [0.3, 0.4) is 0 Å². The van der Waals surface area contributed by atoms with E-state index in [1.807, 2.05) is 38.1 Å². The summed E-state index contributed by atoms with van der Waals surface area (Å²) in [6.07, 6.45) is -0.0115. The van der Waals surface area contributed by atoms with Crippen LogP contribution in [0.2, 0.25) is 0 Å². The first-order valence-electron chi connectivity index (χ1n) is 8.91. The maximum Gasteiger partial charge on any atom is 0.352 e. The normalized spacial score (nSPS) is 10.7. The summed E-state index contributed by atoms with van der Waals surface area (Å²) < 4.78 is 7.12. The van der Waals surface area contributed by atoms with E-state index in [1.165, 1.54) is 0 Å². The molecule has 2 aromatic carbocycles. The van der Waals surface area contributed by atoms with Gasteiger partial charge in [-0.3, -0.25) is 4.79 Å². The van der Waals surface area contributed by atoms with Gasteiger partial charge < -0.3 is 19.7 Å². The van der Waals surface area contributed by atoms with Crippen molar-refractivity contribution in [1.82, 2.24) is 4.57 Å². The molecule has 0 aliphatic rings. The first kappa shape index (κ1) is 18.5. The Hall–Kier alpha value is -3.28. The summed E-state index contributed by atoms with van der Waals surface area (Å²) in [5.74, 6) is -0.563. The number of ether oxygens (including phenoxy) is 1. The summed E-state index contributed by atoms with van der Waals surface area (Å²) in [4.78, 5) is 24.4. The Morgan fingerprint density at radius 3 is 2.41 bits per heavy atom. The van der Waals surface area contributed by atoms with E-state index < -0.39 is 5.97 Å². The molecule has 2 N–H and O–H groups in total. The average molecular weight is 366 g/mol. The second-order valence-corrected chi connectivity index (χ2v) is 6.08. The van der Waals surface area contributed by atoms with Crippen molar-refractivity contribution in [1.29, 1.82) is 0 Å². The molecule has 0 aliphatic carbocycles. The minimum absolute atomic E-state index is 0.0115. The van der Waals surface area contributed by atoms with E-state index in [-0.39, 0.29) is 18.0 Å². The van der Waals surface area contributed by atoms with Crippen molar-refractivity contribution in [3.05, 3.63) is 59.8 Å². The number of carboxylic acids is 1. The number of anilines is 1. The van der Waals surface area contributed by atoms with Gasteiger partial charge in [-0.1, -0.05) is 18.2 Å². The third-order valence-corrected chi connectivity index (χ3v) is 4.38. The molecule has 6 nitrogen and oxygen atoms in total. The molecule has 6 heteroatoms. The van der Waals surface area contributed by atoms with Crippen LogP contribution in [0.1, 0.15) is 29.9 Å². The number of carbonyl (C=O) groups is 2. The van der Waals surface area contributed by atoms with Crippen LogP contribution in [-0.2, 0) is 17.8 Å². The van der Waals surface area contributed by atoms with Gasteiger partial charge in [0.1, 0.15) is 11.4 Å². The summed E-state index contributed by atoms with van der Waals surface area (Å²) in [5.41, 5.74) is 2.16. The molecule has 0 saturated heterocycles. The minimum Gasteiger partial charge on any atom is -0.494 e. The number of amides is 1. The molecular formula is C21H22N2O4. The maximum atomic E-state index is 12.6. The highest BCUT2D eigenvalue weighted by atomic mass is 16.5. The molecule has 0 bridgehead atoms. The van der Waals surface area contributed by atoms with Gasteiger partial charge in [-0.25, -0.2) is 4.79 Å². The number of aromatic nitrogens is 1. The average Bonchev–Trinajstić information content (AvgIpc) is 2.97. The van der Waals surface area contributed by atoms with Crippen LogP contribution < -0.4 is 10.1 Å². The monoisotopic (exact) mass is 366 g/mol. The van der Waals surface area contributed by atoms with E-state index in [4.69, 9.17) is 4.74 Å². The SMILES string of the molecule is CCOc1ccc(NC(=O)Cc2c(C(=O)O)n(CC)c3ccccc23)cc1. The quantitative estimate of drug-likeness (QED) is 0.664. The molecule has 140 valence electrons. The molecule has 0 saturated carbocycles. The van der Waals surface area contributed by atoms with Gasteiger partial charge in [0.25, 0.3) is 0 Å². The first-order valence-corrected chi connectivity index (χ1v) is 8.91. The summed E-state index contributed by atoms with van der Waals surface area (Å²) >= 11 is 0. The predicted molar refractivity (Wildman–Crippen MR) is 105 cm³/mol. The fourth-order valence-corrected chi connectivity index (χ4v) is 3.29. The number of nitrogens with zero attached hydrogens (tertiary/aromatic N) is 1. The van der Waals surface area contributed by atoms with Gasteiger partial charge in [0, 0.05) is 28.7 Å². The second kappa shape index (κ2) is 7.95. The molecular weight excluding hydrogens is 344 g/mol. The largest absolute Gasteiger partial charge is 0.494 e. The lowest BCUT2D eigenvalue weighted by Gasteiger charge is -2.08. The van der Waals surface area contributed by atoms with Crippen molar-refractivity contribution in [3.8, 4) is 5.75 Å². The number of carbonyl (C=O) groups excluding carboxylic acids is 1. The summed E-state index contributed by atoms with van der Waals surface area (Å²) in [6, 6.07) is 14.5. The van der Waals surface area contributed by atoms with Crippen LogP contribution in [-0.4, -0.2) is 28.2 Å². The number of rotatable bonds is 7. The molecule has 3 aromatic rings. The van der Waals surface area contributed by atoms with Crippen LogP contribution in [0.15, 0.2) is 48.5 Å². The van der Waals surface area contributed by atoms with Crippen molar-refractivity contribution in [2.24, 2.45) is 0 Å². The molecule has 1 aromatic heterocycles. The summed E-state index contributed by atoms with van der Waals surface area (Å²) in [6.45, 7) is 4.89. The highest BCUT2D eigenvalue weighted by molar-refractivity contribution is 6.02. The van der Waals surface area contributed by atoms with Crippen molar-refractivity contribution in [2.75, 3.05) is 11.9 Å². The van der Waals surface area contributed by atoms with Crippen LogP contribution in [0, 0.1) is 0 Å². The molecule has 0 fully saturated rings. The van der Waals surface area contributed by atoms with Crippen molar-refractivity contribution < 1.29 is 19.4 Å². The highest BCUT2D eigenvalue weighted by Gasteiger charge is 2.23. The Kier molecular flexibility index (Phi) is 5.45. The fraction of sp³-hybridized carbons (Fsp3) is 0.238. The van der Waals surface area contributed by atoms with Gasteiger partial charge in [-0.15, -0.1) is 0 Å². The van der Waals surface area contributed by atoms with E-state index in [2.05, 4.69) is 5.32 Å². The van der Waals surface area contributed by atoms with Crippen molar-refractivity contribution in [3.63, 3.8) is 0 Å². The first-order chi connectivity index (χ1) is 13.0. The van der Waals surface area contributed by atoms with Gasteiger partial charge in [-0.2, -0.15) is 0 Å². The number of hydrogen-bond donors (Lipinski definition) is 2. The molecule has 0 aliphatic heterocycles. The Balaban J connectivity index is 1.88. The lowest BCUT2D eigenvalue weighted by atomic mass is 10.1. The zero-order valence-electron chi connectivity index (χ0n) is 15.4. The Morgan fingerprint density at radius 2 is 1.78 bits per heavy atom. The number of carboxylic acid groups (broad SMARTS) is 1. The molecule has 3 rings (SSSR count). The molecule has 1 amide bonds. The standard InChI is InChI=1S/C21H22N2O4/c1-3-23-18-8-6-5-7-16(18)17(20(23)21(25)26)13-19(24)22-14-9-11-15(12-10-14)27-4-2/h5-12H,3-4,13H2,1-2H3,(H,22,24)(H,25,26). The fourth-order valence-electron chi connectivity index (χ4n) is 3.29. The summed E-state index contributed by atoms with van der Waals surface area (Å²) in [5, 5.41) is 13.3. The summed E-state index contributed by atoms with van der Waals surface area (Å²) in [7, 11) is 0. The zero-order chi connectivity index (χ0) is 19.4. The number of benzene rings is 2. The number of para-hydroxylation sites is 1. The second-order valence-electron chi connectivity index (χ2n) is 6.08. The van der Waals surface area contributed by atoms with Crippen molar-refractivity contribution in [2.45, 2.75) is 26.8 Å². The molecule has 0 unspecified atom stereocenters. The Bertz CT molecular complexity index is 974. The third-order valence-electron chi connectivity index (χ3n) is 4.38. The Morgan fingerprint density at radius 1 is 1.07 bits per heavy atom. The van der Waals surface area contributed by atoms with E-state index >= 15 is 0 Å². The number of fused-ring (bicyclic) bond motifs is 1. The van der Waals surface area contributed by atoms with Gasteiger partial charge in [-0.05, 0) is 44.2 Å². The van der Waals surface area contributed by atoms with E-state index in [0.717, 1.165) is 16.7 Å². The smallest absolute Gasteiger partial charge is 0.352 e. The third kappa shape index (κ3) is 3.79. The van der Waals surface area contributed by atoms with E-state index in [1.54, 1.807) is 28.8 Å². The molecule has 0 atom stereocenters. The van der Waals surface area contributed by atoms with Gasteiger partial charge >= 0.3 is 5.97 Å². The highest BCUT2D eigenvalue weighted by Crippen LogP contribution is 2.27. The maximum absolute atomic E-state index is 12.6. The van der Waals surface area contributed by atoms with Crippen LogP contribution in [0.5, 0.6) is 5.75 Å². The molecule has 0 spiro atoms.